The fourth-order valence-corrected chi connectivity index (χ4v) is 3.12. The molecule has 0 aliphatic carbocycles. The van der Waals surface area contributed by atoms with Crippen molar-refractivity contribution >= 4 is 11.7 Å². The Balaban J connectivity index is 1.62. The van der Waals surface area contributed by atoms with Crippen molar-refractivity contribution in [3.63, 3.8) is 0 Å². The maximum Gasteiger partial charge on any atom is 0.253 e. The van der Waals surface area contributed by atoms with E-state index in [0.29, 0.717) is 37.2 Å². The predicted molar refractivity (Wildman–Crippen MR) is 92.4 cm³/mol. The topological polar surface area (TPSA) is 46.6 Å². The number of amides is 1. The molecule has 1 aliphatic heterocycles. The van der Waals surface area contributed by atoms with Gasteiger partial charge in [0, 0.05) is 30.1 Å². The van der Waals surface area contributed by atoms with Crippen molar-refractivity contribution in [3.8, 4) is 5.75 Å². The van der Waals surface area contributed by atoms with Crippen LogP contribution in [0, 0.1) is 5.92 Å². The SMILES string of the molecule is COc1cccc(C(=O)N2CCC(C(=O)c3ccccc3)CC2)c1. The van der Waals surface area contributed by atoms with Gasteiger partial charge in [-0.1, -0.05) is 36.4 Å². The zero-order chi connectivity index (χ0) is 16.9. The Labute approximate surface area is 142 Å². The summed E-state index contributed by atoms with van der Waals surface area (Å²) in [7, 11) is 1.59. The van der Waals surface area contributed by atoms with E-state index in [4.69, 9.17) is 4.74 Å². The van der Waals surface area contributed by atoms with Gasteiger partial charge in [-0.05, 0) is 31.0 Å². The summed E-state index contributed by atoms with van der Waals surface area (Å²) in [4.78, 5) is 26.9. The van der Waals surface area contributed by atoms with E-state index in [-0.39, 0.29) is 17.6 Å². The van der Waals surface area contributed by atoms with Gasteiger partial charge in [0.2, 0.25) is 0 Å². The van der Waals surface area contributed by atoms with Crippen LogP contribution in [0.25, 0.3) is 0 Å². The molecule has 3 rings (SSSR count). The van der Waals surface area contributed by atoms with E-state index in [1.807, 2.05) is 47.4 Å². The Bertz CT molecular complexity index is 719. The summed E-state index contributed by atoms with van der Waals surface area (Å²) in [5.41, 5.74) is 1.39. The Morgan fingerprint density at radius 1 is 0.958 bits per heavy atom. The number of Topliss-reactive ketones (excluding diaryl/α,β-unsaturated/α-hetero) is 1. The largest absolute Gasteiger partial charge is 0.497 e. The van der Waals surface area contributed by atoms with Gasteiger partial charge >= 0.3 is 0 Å². The van der Waals surface area contributed by atoms with Crippen LogP contribution in [0.15, 0.2) is 54.6 Å². The molecule has 0 radical (unpaired) electrons. The number of ether oxygens (including phenoxy) is 1. The van der Waals surface area contributed by atoms with E-state index in [9.17, 15) is 9.59 Å². The fourth-order valence-electron chi connectivity index (χ4n) is 3.12. The van der Waals surface area contributed by atoms with Crippen LogP contribution in [0.3, 0.4) is 0 Å². The minimum absolute atomic E-state index is 0.000454. The minimum Gasteiger partial charge on any atom is -0.497 e. The van der Waals surface area contributed by atoms with Crippen LogP contribution in [-0.2, 0) is 0 Å². The summed E-state index contributed by atoms with van der Waals surface area (Å²) in [6, 6.07) is 16.6. The average Bonchev–Trinajstić information content (AvgIpc) is 2.67. The van der Waals surface area contributed by atoms with Crippen LogP contribution in [0.4, 0.5) is 0 Å². The van der Waals surface area contributed by atoms with E-state index in [1.54, 1.807) is 19.2 Å². The average molecular weight is 323 g/mol. The molecule has 0 N–H and O–H groups in total. The first-order valence-electron chi connectivity index (χ1n) is 8.21. The van der Waals surface area contributed by atoms with E-state index in [2.05, 4.69) is 0 Å². The third kappa shape index (κ3) is 3.48. The summed E-state index contributed by atoms with van der Waals surface area (Å²) in [5, 5.41) is 0. The van der Waals surface area contributed by atoms with Crippen LogP contribution < -0.4 is 4.74 Å². The number of hydrogen-bond acceptors (Lipinski definition) is 3. The molecule has 0 spiro atoms. The Morgan fingerprint density at radius 3 is 2.29 bits per heavy atom. The number of rotatable bonds is 4. The normalized spacial score (nSPS) is 15.1. The molecule has 0 atom stereocenters. The van der Waals surface area contributed by atoms with Gasteiger partial charge in [-0.3, -0.25) is 9.59 Å². The molecule has 0 unspecified atom stereocenters. The van der Waals surface area contributed by atoms with Gasteiger partial charge in [-0.15, -0.1) is 0 Å². The highest BCUT2D eigenvalue weighted by atomic mass is 16.5. The highest BCUT2D eigenvalue weighted by Crippen LogP contribution is 2.23. The third-order valence-electron chi connectivity index (χ3n) is 4.53. The van der Waals surface area contributed by atoms with Crippen molar-refractivity contribution in [1.29, 1.82) is 0 Å². The lowest BCUT2D eigenvalue weighted by Crippen LogP contribution is -2.40. The first-order chi connectivity index (χ1) is 11.7. The molecule has 1 heterocycles. The zero-order valence-electron chi connectivity index (χ0n) is 13.8. The van der Waals surface area contributed by atoms with E-state index in [0.717, 1.165) is 5.56 Å². The molecule has 4 nitrogen and oxygen atoms in total. The third-order valence-corrected chi connectivity index (χ3v) is 4.53. The maximum atomic E-state index is 12.6. The predicted octanol–water partition coefficient (Wildman–Crippen LogP) is 3.43. The Morgan fingerprint density at radius 2 is 1.62 bits per heavy atom. The highest BCUT2D eigenvalue weighted by molar-refractivity contribution is 5.98. The number of likely N-dealkylation sites (tertiary alicyclic amines) is 1. The number of benzene rings is 2. The molecule has 1 aliphatic rings. The van der Waals surface area contributed by atoms with E-state index in [1.165, 1.54) is 0 Å². The molecule has 1 amide bonds. The molecule has 0 aromatic heterocycles. The Kier molecular flexibility index (Phi) is 4.94. The number of methoxy groups -OCH3 is 1. The lowest BCUT2D eigenvalue weighted by Gasteiger charge is -2.31. The molecule has 2 aromatic rings. The number of nitrogens with zero attached hydrogens (tertiary/aromatic N) is 1. The number of carbonyl (C=O) groups is 2. The van der Waals surface area contributed by atoms with Crippen LogP contribution in [0.2, 0.25) is 0 Å². The molecular formula is C20H21NO3. The summed E-state index contributed by atoms with van der Waals surface area (Å²) in [6.07, 6.45) is 1.42. The number of piperidine rings is 1. The molecule has 1 saturated heterocycles. The van der Waals surface area contributed by atoms with E-state index < -0.39 is 0 Å². The van der Waals surface area contributed by atoms with Crippen LogP contribution in [-0.4, -0.2) is 36.8 Å². The fraction of sp³-hybridized carbons (Fsp3) is 0.300. The molecule has 124 valence electrons. The summed E-state index contributed by atoms with van der Waals surface area (Å²) in [5.74, 6) is 0.861. The first-order valence-corrected chi connectivity index (χ1v) is 8.21. The van der Waals surface area contributed by atoms with Gasteiger partial charge in [0.15, 0.2) is 5.78 Å². The Hall–Kier alpha value is -2.62. The van der Waals surface area contributed by atoms with Crippen LogP contribution in [0.5, 0.6) is 5.75 Å². The monoisotopic (exact) mass is 323 g/mol. The minimum atomic E-state index is -0.000454. The standard InChI is InChI=1S/C20H21NO3/c1-24-18-9-5-8-17(14-18)20(23)21-12-10-16(11-13-21)19(22)15-6-3-2-4-7-15/h2-9,14,16H,10-13H2,1H3. The first kappa shape index (κ1) is 16.2. The number of carbonyl (C=O) groups excluding carboxylic acids is 2. The van der Waals surface area contributed by atoms with Gasteiger partial charge in [-0.2, -0.15) is 0 Å². The smallest absolute Gasteiger partial charge is 0.253 e. The lowest BCUT2D eigenvalue weighted by atomic mass is 9.88. The summed E-state index contributed by atoms with van der Waals surface area (Å²) < 4.78 is 5.17. The molecule has 4 heteroatoms. The van der Waals surface area contributed by atoms with Gasteiger partial charge < -0.3 is 9.64 Å². The number of hydrogen-bond donors (Lipinski definition) is 0. The van der Waals surface area contributed by atoms with Gasteiger partial charge in [0.05, 0.1) is 7.11 Å². The molecular weight excluding hydrogens is 302 g/mol. The zero-order valence-corrected chi connectivity index (χ0v) is 13.8. The van der Waals surface area contributed by atoms with Crippen molar-refractivity contribution < 1.29 is 14.3 Å². The maximum absolute atomic E-state index is 12.6. The number of ketones is 1. The summed E-state index contributed by atoms with van der Waals surface area (Å²) in [6.45, 7) is 1.22. The summed E-state index contributed by atoms with van der Waals surface area (Å²) >= 11 is 0. The van der Waals surface area contributed by atoms with E-state index >= 15 is 0 Å². The highest BCUT2D eigenvalue weighted by Gasteiger charge is 2.28. The van der Waals surface area contributed by atoms with Crippen LogP contribution >= 0.6 is 0 Å². The van der Waals surface area contributed by atoms with Crippen molar-refractivity contribution in [2.45, 2.75) is 12.8 Å². The molecule has 0 saturated carbocycles. The second-order valence-corrected chi connectivity index (χ2v) is 6.03. The van der Waals surface area contributed by atoms with Crippen molar-refractivity contribution in [2.75, 3.05) is 20.2 Å². The van der Waals surface area contributed by atoms with Crippen molar-refractivity contribution in [2.24, 2.45) is 5.92 Å². The van der Waals surface area contributed by atoms with Crippen molar-refractivity contribution in [3.05, 3.63) is 65.7 Å². The second-order valence-electron chi connectivity index (χ2n) is 6.03. The molecule has 2 aromatic carbocycles. The van der Waals surface area contributed by atoms with Gasteiger partial charge in [-0.25, -0.2) is 0 Å². The second kappa shape index (κ2) is 7.30. The molecule has 24 heavy (non-hydrogen) atoms. The lowest BCUT2D eigenvalue weighted by molar-refractivity contribution is 0.0650. The molecule has 1 fully saturated rings. The van der Waals surface area contributed by atoms with Crippen molar-refractivity contribution in [1.82, 2.24) is 4.90 Å². The van der Waals surface area contributed by atoms with Crippen LogP contribution in [0.1, 0.15) is 33.6 Å². The van der Waals surface area contributed by atoms with Gasteiger partial charge in [0.1, 0.15) is 5.75 Å². The quantitative estimate of drug-likeness (QED) is 0.810. The molecule has 0 bridgehead atoms. The van der Waals surface area contributed by atoms with Gasteiger partial charge in [0.25, 0.3) is 5.91 Å².